The van der Waals surface area contributed by atoms with Crippen LogP contribution in [0.2, 0.25) is 0 Å². The van der Waals surface area contributed by atoms with Gasteiger partial charge in [-0.3, -0.25) is 4.79 Å². The van der Waals surface area contributed by atoms with Crippen LogP contribution < -0.4 is 0 Å². The summed E-state index contributed by atoms with van der Waals surface area (Å²) in [6.45, 7) is -0.266. The van der Waals surface area contributed by atoms with E-state index >= 15 is 0 Å². The van der Waals surface area contributed by atoms with E-state index in [9.17, 15) is 15.1 Å². The fourth-order valence-corrected chi connectivity index (χ4v) is 3.90. The van der Waals surface area contributed by atoms with Crippen molar-refractivity contribution in [3.05, 3.63) is 41.1 Å². The molecular formula is C17H23NO4. The molecule has 22 heavy (non-hydrogen) atoms. The second-order valence-corrected chi connectivity index (χ2v) is 6.62. The number of hydroxylamine groups is 3. The number of rotatable bonds is 4. The normalized spacial score (nSPS) is 35.1. The molecule has 2 saturated heterocycles. The number of hydrogen-bond donors (Lipinski definition) is 1. The van der Waals surface area contributed by atoms with Crippen LogP contribution in [-0.4, -0.2) is 47.6 Å². The van der Waals surface area contributed by atoms with Crippen molar-refractivity contribution >= 4 is 5.97 Å². The minimum absolute atomic E-state index is 0.0425. The van der Waals surface area contributed by atoms with E-state index in [-0.39, 0.29) is 35.4 Å². The van der Waals surface area contributed by atoms with E-state index in [0.717, 1.165) is 18.4 Å². The van der Waals surface area contributed by atoms with Gasteiger partial charge < -0.3 is 19.7 Å². The number of ether oxygens (including phenoxy) is 1. The Balaban J connectivity index is 1.65. The van der Waals surface area contributed by atoms with Crippen LogP contribution in [0.15, 0.2) is 30.3 Å². The number of hydrogen-bond acceptors (Lipinski definition) is 4. The van der Waals surface area contributed by atoms with Crippen molar-refractivity contribution in [3.63, 3.8) is 0 Å². The van der Waals surface area contributed by atoms with Gasteiger partial charge >= 0.3 is 5.97 Å². The summed E-state index contributed by atoms with van der Waals surface area (Å²) in [4.78, 5) is 12.4. The third-order valence-electron chi connectivity index (χ3n) is 5.30. The van der Waals surface area contributed by atoms with Crippen molar-refractivity contribution in [1.82, 2.24) is 0 Å². The Bertz CT molecular complexity index is 515. The monoisotopic (exact) mass is 305 g/mol. The number of nitrogens with zero attached hydrogens (tertiary/aromatic N) is 1. The molecule has 2 aliphatic heterocycles. The predicted octanol–water partition coefficient (Wildman–Crippen LogP) is 1.94. The lowest BCUT2D eigenvalue weighted by Gasteiger charge is -2.50. The van der Waals surface area contributed by atoms with Gasteiger partial charge in [0, 0.05) is 25.7 Å². The highest BCUT2D eigenvalue weighted by molar-refractivity contribution is 5.78. The maximum absolute atomic E-state index is 12.4. The number of benzene rings is 1. The first-order valence-electron chi connectivity index (χ1n) is 7.95. The molecule has 5 atom stereocenters. The van der Waals surface area contributed by atoms with E-state index in [4.69, 9.17) is 4.74 Å². The maximum atomic E-state index is 12.4. The summed E-state index contributed by atoms with van der Waals surface area (Å²) in [6.07, 6.45) is 2.91. The fourth-order valence-electron chi connectivity index (χ4n) is 3.90. The molecule has 5 heteroatoms. The van der Waals surface area contributed by atoms with Gasteiger partial charge in [0.25, 0.3) is 0 Å². The highest BCUT2D eigenvalue weighted by atomic mass is 16.6. The molecule has 0 radical (unpaired) electrons. The van der Waals surface area contributed by atoms with E-state index in [1.54, 1.807) is 7.05 Å². The molecule has 2 unspecified atom stereocenters. The van der Waals surface area contributed by atoms with Crippen LogP contribution in [0.4, 0.5) is 0 Å². The van der Waals surface area contributed by atoms with Crippen LogP contribution in [0.25, 0.3) is 0 Å². The molecule has 5 nitrogen and oxygen atoms in total. The van der Waals surface area contributed by atoms with E-state index in [2.05, 4.69) is 0 Å². The zero-order valence-corrected chi connectivity index (χ0v) is 12.9. The van der Waals surface area contributed by atoms with Crippen LogP contribution in [-0.2, 0) is 9.53 Å². The maximum Gasteiger partial charge on any atom is 0.316 e. The number of carbonyl (C=O) groups is 1. The molecule has 2 heterocycles. The molecule has 2 aliphatic rings. The molecule has 1 aromatic carbocycles. The van der Waals surface area contributed by atoms with Gasteiger partial charge in [0.2, 0.25) is 0 Å². The van der Waals surface area contributed by atoms with E-state index in [0.29, 0.717) is 12.8 Å². The second-order valence-electron chi connectivity index (χ2n) is 6.62. The van der Waals surface area contributed by atoms with E-state index in [1.807, 2.05) is 30.3 Å². The largest absolute Gasteiger partial charge is 0.633 e. The van der Waals surface area contributed by atoms with Gasteiger partial charge in [0.05, 0.1) is 25.7 Å². The summed E-state index contributed by atoms with van der Waals surface area (Å²) in [6, 6.07) is 9.27. The number of esters is 1. The Morgan fingerprint density at radius 1 is 1.32 bits per heavy atom. The average Bonchev–Trinajstić information content (AvgIpc) is 2.68. The van der Waals surface area contributed by atoms with Crippen LogP contribution in [0.5, 0.6) is 0 Å². The van der Waals surface area contributed by atoms with Crippen molar-refractivity contribution in [1.29, 1.82) is 0 Å². The van der Waals surface area contributed by atoms with Gasteiger partial charge in [-0.15, -0.1) is 0 Å². The lowest BCUT2D eigenvalue weighted by molar-refractivity contribution is -0.903. The van der Waals surface area contributed by atoms with Gasteiger partial charge in [-0.25, -0.2) is 0 Å². The summed E-state index contributed by atoms with van der Waals surface area (Å²) in [7, 11) is 1.74. The number of aliphatic hydroxyl groups is 1. The Morgan fingerprint density at radius 2 is 1.91 bits per heavy atom. The molecule has 1 aromatic rings. The summed E-state index contributed by atoms with van der Waals surface area (Å²) in [5.74, 6) is -1.03. The number of quaternary nitrogens is 1. The summed E-state index contributed by atoms with van der Waals surface area (Å²) in [5, 5.41) is 22.0. The summed E-state index contributed by atoms with van der Waals surface area (Å²) < 4.78 is 5.44. The first-order valence-corrected chi connectivity index (χ1v) is 7.95. The SMILES string of the molecule is C[N+]1([O-])[C@@H]2CC[C@H]1C[C@H](OC(=O)C(CO)c1ccccc1)C2. The number of aliphatic hydroxyl groups excluding tert-OH is 1. The topological polar surface area (TPSA) is 69.6 Å². The van der Waals surface area contributed by atoms with Crippen molar-refractivity contribution in [2.45, 2.75) is 49.8 Å². The quantitative estimate of drug-likeness (QED) is 0.524. The molecule has 0 aliphatic carbocycles. The zero-order valence-electron chi connectivity index (χ0n) is 12.9. The lowest BCUT2D eigenvalue weighted by Crippen LogP contribution is -2.55. The smallest absolute Gasteiger partial charge is 0.316 e. The fraction of sp³-hybridized carbons (Fsp3) is 0.588. The molecule has 120 valence electrons. The van der Waals surface area contributed by atoms with Crippen molar-refractivity contribution in [3.8, 4) is 0 Å². The molecule has 0 amide bonds. The second kappa shape index (κ2) is 5.99. The lowest BCUT2D eigenvalue weighted by atomic mass is 9.98. The molecule has 2 bridgehead atoms. The zero-order chi connectivity index (χ0) is 15.7. The summed E-state index contributed by atoms with van der Waals surface area (Å²) in [5.41, 5.74) is 0.762. The number of piperidine rings is 1. The third-order valence-corrected chi connectivity index (χ3v) is 5.30. The Kier molecular flexibility index (Phi) is 4.21. The van der Waals surface area contributed by atoms with E-state index in [1.165, 1.54) is 0 Å². The number of carbonyl (C=O) groups excluding carboxylic acids is 1. The van der Waals surface area contributed by atoms with Crippen LogP contribution in [0, 0.1) is 5.21 Å². The van der Waals surface area contributed by atoms with Crippen LogP contribution in [0.1, 0.15) is 37.2 Å². The van der Waals surface area contributed by atoms with Crippen LogP contribution >= 0.6 is 0 Å². The van der Waals surface area contributed by atoms with Gasteiger partial charge in [0.1, 0.15) is 12.0 Å². The van der Waals surface area contributed by atoms with Gasteiger partial charge in [0.15, 0.2) is 0 Å². The molecule has 3 rings (SSSR count). The standard InChI is InChI=1S/C17H23NO4/c1-18(21)13-7-8-14(18)10-15(9-13)22-17(20)16(11-19)12-5-3-2-4-6-12/h2-6,13-16,19H,7-11H2,1H3/t13-,14+,15-,16?,18?. The van der Waals surface area contributed by atoms with Crippen LogP contribution in [0.3, 0.4) is 0 Å². The molecule has 0 spiro atoms. The number of fused-ring (bicyclic) bond motifs is 2. The van der Waals surface area contributed by atoms with Crippen molar-refractivity contribution in [2.75, 3.05) is 13.7 Å². The van der Waals surface area contributed by atoms with Crippen molar-refractivity contribution < 1.29 is 19.3 Å². The minimum atomic E-state index is -0.645. The molecule has 2 fully saturated rings. The average molecular weight is 305 g/mol. The Labute approximate surface area is 130 Å². The van der Waals surface area contributed by atoms with Gasteiger partial charge in [-0.1, -0.05) is 30.3 Å². The molecule has 0 aromatic heterocycles. The predicted molar refractivity (Wildman–Crippen MR) is 81.7 cm³/mol. The first kappa shape index (κ1) is 15.5. The minimum Gasteiger partial charge on any atom is -0.633 e. The Hall–Kier alpha value is -1.43. The van der Waals surface area contributed by atoms with Gasteiger partial charge in [-0.05, 0) is 5.56 Å². The first-order chi connectivity index (χ1) is 10.5. The summed E-state index contributed by atoms with van der Waals surface area (Å²) >= 11 is 0. The molecule has 1 N–H and O–H groups in total. The third kappa shape index (κ3) is 2.76. The highest BCUT2D eigenvalue weighted by Gasteiger charge is 2.48. The van der Waals surface area contributed by atoms with E-state index < -0.39 is 5.92 Å². The Morgan fingerprint density at radius 3 is 2.45 bits per heavy atom. The van der Waals surface area contributed by atoms with Crippen molar-refractivity contribution in [2.24, 2.45) is 0 Å². The molecule has 0 saturated carbocycles. The molecular weight excluding hydrogens is 282 g/mol. The van der Waals surface area contributed by atoms with Gasteiger partial charge in [-0.2, -0.15) is 0 Å². The highest BCUT2D eigenvalue weighted by Crippen LogP contribution is 2.41.